The predicted octanol–water partition coefficient (Wildman–Crippen LogP) is 0.812. The minimum absolute atomic E-state index is 0.0601. The van der Waals surface area contributed by atoms with Crippen molar-refractivity contribution < 1.29 is 22.0 Å². The molecule has 1 atom stereocenters. The molecule has 2 heterocycles. The van der Waals surface area contributed by atoms with Gasteiger partial charge in [0.15, 0.2) is 0 Å². The molecule has 1 aliphatic heterocycles. The third kappa shape index (κ3) is 3.63. The number of carbonyl (C=O) groups excluding carboxylic acids is 1. The highest BCUT2D eigenvalue weighted by Crippen LogP contribution is 2.34. The van der Waals surface area contributed by atoms with Gasteiger partial charge in [0, 0.05) is 18.3 Å². The van der Waals surface area contributed by atoms with Gasteiger partial charge in [-0.05, 0) is 25.1 Å². The molecule has 0 aliphatic carbocycles. The second kappa shape index (κ2) is 6.78. The van der Waals surface area contributed by atoms with Crippen LogP contribution in [0.15, 0.2) is 35.6 Å². The molecule has 0 radical (unpaired) electrons. The number of aliphatic imine (C=N–C) groups is 1. The summed E-state index contributed by atoms with van der Waals surface area (Å²) in [5.74, 6) is -3.03. The average molecular weight is 410 g/mol. The first-order valence-corrected chi connectivity index (χ1v) is 9.54. The zero-order chi connectivity index (χ0) is 20.7. The first-order chi connectivity index (χ1) is 13.0. The number of rotatable bonds is 3. The number of nitrogens with zero attached hydrogens (tertiary/aromatic N) is 4. The fraction of sp³-hybridized carbons (Fsp3) is 0.250. The standard InChI is InChI=1S/C16H16F2N6O3S/c1-16(8-28(26,27)24(2)15(19)23-16)10-5-9(3-4-11(10)17)22-14(25)12-6-21-13(18)7-20-12/h3-7H,8H2,1-2H3,(H2,19,23)(H,22,25)/t16-/m0/s1. The van der Waals surface area contributed by atoms with E-state index in [0.717, 1.165) is 22.8 Å². The Morgan fingerprint density at radius 1 is 1.29 bits per heavy atom. The average Bonchev–Trinajstić information content (AvgIpc) is 2.61. The van der Waals surface area contributed by atoms with Crippen molar-refractivity contribution in [1.82, 2.24) is 14.3 Å². The Labute approximate surface area is 159 Å². The molecule has 28 heavy (non-hydrogen) atoms. The van der Waals surface area contributed by atoms with E-state index in [4.69, 9.17) is 5.73 Å². The second-order valence-corrected chi connectivity index (χ2v) is 8.34. The van der Waals surface area contributed by atoms with Gasteiger partial charge in [0.05, 0.1) is 18.1 Å². The van der Waals surface area contributed by atoms with E-state index in [0.29, 0.717) is 0 Å². The lowest BCUT2D eigenvalue weighted by atomic mass is 9.93. The minimum Gasteiger partial charge on any atom is -0.369 e. The molecule has 9 nitrogen and oxygen atoms in total. The van der Waals surface area contributed by atoms with Crippen LogP contribution in [0.5, 0.6) is 0 Å². The number of aromatic nitrogens is 2. The highest BCUT2D eigenvalue weighted by atomic mass is 32.2. The Morgan fingerprint density at radius 2 is 2.00 bits per heavy atom. The molecule has 148 valence electrons. The van der Waals surface area contributed by atoms with Crippen LogP contribution in [0, 0.1) is 11.8 Å². The predicted molar refractivity (Wildman–Crippen MR) is 96.9 cm³/mol. The van der Waals surface area contributed by atoms with Crippen molar-refractivity contribution in [3.8, 4) is 0 Å². The summed E-state index contributed by atoms with van der Waals surface area (Å²) in [6.45, 7) is 1.43. The van der Waals surface area contributed by atoms with Gasteiger partial charge in [0.25, 0.3) is 5.91 Å². The SMILES string of the molecule is CN1C(N)=N[C@](C)(c2cc(NC(=O)c3cnc(F)cn3)ccc2F)CS1(=O)=O. The molecular weight excluding hydrogens is 394 g/mol. The second-order valence-electron chi connectivity index (χ2n) is 6.34. The first-order valence-electron chi connectivity index (χ1n) is 7.93. The van der Waals surface area contributed by atoms with E-state index in [9.17, 15) is 22.0 Å². The van der Waals surface area contributed by atoms with E-state index in [1.165, 1.54) is 26.1 Å². The molecule has 1 aliphatic rings. The fourth-order valence-corrected chi connectivity index (χ4v) is 4.18. The number of carbonyl (C=O) groups is 1. The van der Waals surface area contributed by atoms with E-state index in [1.807, 2.05) is 0 Å². The van der Waals surface area contributed by atoms with Gasteiger partial charge >= 0.3 is 0 Å². The molecule has 12 heteroatoms. The third-order valence-corrected chi connectivity index (χ3v) is 6.17. The number of benzene rings is 1. The van der Waals surface area contributed by atoms with Gasteiger partial charge in [-0.2, -0.15) is 4.39 Å². The molecular formula is C16H16F2N6O3S. The summed E-state index contributed by atoms with van der Waals surface area (Å²) >= 11 is 0. The van der Waals surface area contributed by atoms with Crippen molar-refractivity contribution in [2.45, 2.75) is 12.5 Å². The summed E-state index contributed by atoms with van der Waals surface area (Å²) in [4.78, 5) is 23.3. The number of nitrogens with one attached hydrogen (secondary N) is 1. The molecule has 3 rings (SSSR count). The Morgan fingerprint density at radius 3 is 2.61 bits per heavy atom. The molecule has 0 bridgehead atoms. The van der Waals surface area contributed by atoms with Crippen LogP contribution in [-0.4, -0.2) is 47.4 Å². The summed E-state index contributed by atoms with van der Waals surface area (Å²) in [5.41, 5.74) is 4.15. The van der Waals surface area contributed by atoms with Crippen LogP contribution < -0.4 is 11.1 Å². The van der Waals surface area contributed by atoms with Crippen LogP contribution in [0.3, 0.4) is 0 Å². The van der Waals surface area contributed by atoms with Gasteiger partial charge in [-0.1, -0.05) is 0 Å². The van der Waals surface area contributed by atoms with Crippen LogP contribution in [0.2, 0.25) is 0 Å². The van der Waals surface area contributed by atoms with E-state index in [2.05, 4.69) is 20.3 Å². The summed E-state index contributed by atoms with van der Waals surface area (Å²) < 4.78 is 52.7. The maximum atomic E-state index is 14.5. The van der Waals surface area contributed by atoms with E-state index < -0.39 is 39.0 Å². The molecule has 0 unspecified atom stereocenters. The van der Waals surface area contributed by atoms with Crippen molar-refractivity contribution in [2.24, 2.45) is 10.7 Å². The normalized spacial score (nSPS) is 21.1. The van der Waals surface area contributed by atoms with Crippen LogP contribution in [0.1, 0.15) is 23.0 Å². The molecule has 1 aromatic carbocycles. The van der Waals surface area contributed by atoms with Crippen molar-refractivity contribution in [3.05, 3.63) is 53.6 Å². The third-order valence-electron chi connectivity index (χ3n) is 4.22. The van der Waals surface area contributed by atoms with Crippen LogP contribution in [0.25, 0.3) is 0 Å². The number of nitrogens with two attached hydrogens (primary N) is 1. The Kier molecular flexibility index (Phi) is 4.75. The molecule has 0 fully saturated rings. The molecule has 2 aromatic rings. The lowest BCUT2D eigenvalue weighted by Gasteiger charge is -2.34. The minimum atomic E-state index is -3.80. The van der Waals surface area contributed by atoms with Crippen LogP contribution in [-0.2, 0) is 15.6 Å². The Hall–Kier alpha value is -3.15. The van der Waals surface area contributed by atoms with Crippen molar-refractivity contribution in [2.75, 3.05) is 18.1 Å². The maximum Gasteiger partial charge on any atom is 0.275 e. The van der Waals surface area contributed by atoms with E-state index in [-0.39, 0.29) is 22.9 Å². The molecule has 3 N–H and O–H groups in total. The van der Waals surface area contributed by atoms with Crippen molar-refractivity contribution in [1.29, 1.82) is 0 Å². The smallest absolute Gasteiger partial charge is 0.275 e. The summed E-state index contributed by atoms with van der Waals surface area (Å²) in [6.07, 6.45) is 1.73. The van der Waals surface area contributed by atoms with Gasteiger partial charge in [-0.3, -0.25) is 4.79 Å². The first kappa shape index (κ1) is 19.6. The number of halogens is 2. The number of amides is 1. The lowest BCUT2D eigenvalue weighted by molar-refractivity contribution is 0.102. The van der Waals surface area contributed by atoms with Crippen LogP contribution in [0.4, 0.5) is 14.5 Å². The van der Waals surface area contributed by atoms with Crippen molar-refractivity contribution in [3.63, 3.8) is 0 Å². The number of guanidine groups is 1. The largest absolute Gasteiger partial charge is 0.369 e. The molecule has 0 saturated heterocycles. The molecule has 1 amide bonds. The monoisotopic (exact) mass is 410 g/mol. The Bertz CT molecular complexity index is 1070. The number of sulfonamides is 1. The van der Waals surface area contributed by atoms with Crippen molar-refractivity contribution >= 4 is 27.6 Å². The quantitative estimate of drug-likeness (QED) is 0.770. The topological polar surface area (TPSA) is 131 Å². The molecule has 1 aromatic heterocycles. The van der Waals surface area contributed by atoms with Gasteiger partial charge in [0.2, 0.25) is 21.9 Å². The number of hydrogen-bond donors (Lipinski definition) is 2. The summed E-state index contributed by atoms with van der Waals surface area (Å²) in [5, 5.41) is 2.47. The Balaban J connectivity index is 1.96. The van der Waals surface area contributed by atoms with Gasteiger partial charge < -0.3 is 11.1 Å². The molecule has 0 saturated carbocycles. The number of anilines is 1. The molecule has 0 spiro atoms. The van der Waals surface area contributed by atoms with E-state index in [1.54, 1.807) is 0 Å². The summed E-state index contributed by atoms with van der Waals surface area (Å²) in [6, 6.07) is 3.62. The summed E-state index contributed by atoms with van der Waals surface area (Å²) in [7, 11) is -2.54. The van der Waals surface area contributed by atoms with Gasteiger partial charge in [-0.25, -0.2) is 32.1 Å². The zero-order valence-corrected chi connectivity index (χ0v) is 15.7. The lowest BCUT2D eigenvalue weighted by Crippen LogP contribution is -2.50. The highest BCUT2D eigenvalue weighted by Gasteiger charge is 2.41. The maximum absolute atomic E-state index is 14.5. The van der Waals surface area contributed by atoms with Gasteiger partial charge in [0.1, 0.15) is 17.1 Å². The number of hydrogen-bond acceptors (Lipinski definition) is 7. The van der Waals surface area contributed by atoms with Gasteiger partial charge in [-0.15, -0.1) is 0 Å². The zero-order valence-electron chi connectivity index (χ0n) is 14.8. The van der Waals surface area contributed by atoms with Crippen LogP contribution >= 0.6 is 0 Å². The van der Waals surface area contributed by atoms with E-state index >= 15 is 0 Å². The fourth-order valence-electron chi connectivity index (χ4n) is 2.73. The highest BCUT2D eigenvalue weighted by molar-refractivity contribution is 7.89.